The summed E-state index contributed by atoms with van der Waals surface area (Å²) in [5.74, 6) is 0. The number of pyridine rings is 1. The first-order valence-corrected chi connectivity index (χ1v) is 8.58. The number of urea groups is 1. The highest BCUT2D eigenvalue weighted by Gasteiger charge is 2.37. The molecule has 2 aromatic heterocycles. The van der Waals surface area contributed by atoms with Crippen molar-refractivity contribution in [3.8, 4) is 0 Å². The second-order valence-corrected chi connectivity index (χ2v) is 7.28. The predicted molar refractivity (Wildman–Crippen MR) is 97.4 cm³/mol. The van der Waals surface area contributed by atoms with E-state index in [1.54, 1.807) is 6.20 Å². The number of rotatable bonds is 3. The van der Waals surface area contributed by atoms with Crippen LogP contribution in [0.3, 0.4) is 0 Å². The number of carbonyl (C=O) groups is 1. The quantitative estimate of drug-likeness (QED) is 0.769. The predicted octanol–water partition coefficient (Wildman–Crippen LogP) is 3.56. The van der Waals surface area contributed by atoms with E-state index in [9.17, 15) is 4.79 Å². The molecule has 1 aliphatic rings. The Morgan fingerprint density at radius 3 is 3.00 bits per heavy atom. The second-order valence-electron chi connectivity index (χ2n) is 7.28. The van der Waals surface area contributed by atoms with E-state index in [-0.39, 0.29) is 17.5 Å². The molecule has 0 spiro atoms. The number of benzene rings is 1. The molecule has 2 amide bonds. The zero-order valence-electron chi connectivity index (χ0n) is 14.5. The van der Waals surface area contributed by atoms with E-state index >= 15 is 0 Å². The van der Waals surface area contributed by atoms with E-state index in [4.69, 9.17) is 0 Å². The minimum atomic E-state index is -0.138. The maximum Gasteiger partial charge on any atom is 0.315 e. The summed E-state index contributed by atoms with van der Waals surface area (Å²) in [5, 5.41) is 6.08. The number of nitrogens with one attached hydrogen (secondary N) is 2. The zero-order valence-corrected chi connectivity index (χ0v) is 14.5. The third-order valence-electron chi connectivity index (χ3n) is 5.00. The number of amides is 2. The highest BCUT2D eigenvalue weighted by atomic mass is 16.2. The molecule has 0 radical (unpaired) electrons. The fraction of sp³-hybridized carbons (Fsp3) is 0.300. The fourth-order valence-electron chi connectivity index (χ4n) is 3.73. The molecule has 0 bridgehead atoms. The lowest BCUT2D eigenvalue weighted by molar-refractivity contribution is 0.235. The molecule has 128 valence electrons. The zero-order chi connectivity index (χ0) is 17.4. The molecule has 2 N–H and O–H groups in total. The summed E-state index contributed by atoms with van der Waals surface area (Å²) in [6.07, 6.45) is 6.53. The molecule has 5 nitrogen and oxygen atoms in total. The number of carbonyl (C=O) groups excluding carboxylic acids is 1. The van der Waals surface area contributed by atoms with Crippen LogP contribution in [0.5, 0.6) is 0 Å². The molecule has 3 aromatic rings. The summed E-state index contributed by atoms with van der Waals surface area (Å²) in [5.41, 5.74) is 4.54. The molecule has 0 saturated heterocycles. The Labute approximate surface area is 147 Å². The van der Waals surface area contributed by atoms with Crippen LogP contribution >= 0.6 is 0 Å². The Hall–Kier alpha value is -2.82. The molecule has 2 heterocycles. The van der Waals surface area contributed by atoms with Gasteiger partial charge in [-0.2, -0.15) is 0 Å². The normalized spacial score (nSPS) is 18.1. The van der Waals surface area contributed by atoms with Gasteiger partial charge < -0.3 is 15.0 Å². The van der Waals surface area contributed by atoms with Crippen molar-refractivity contribution in [1.82, 2.24) is 20.0 Å². The van der Waals surface area contributed by atoms with Crippen molar-refractivity contribution in [2.45, 2.75) is 38.3 Å². The third-order valence-corrected chi connectivity index (χ3v) is 5.00. The Kier molecular flexibility index (Phi) is 3.71. The van der Waals surface area contributed by atoms with Crippen LogP contribution < -0.4 is 10.6 Å². The van der Waals surface area contributed by atoms with Crippen molar-refractivity contribution in [1.29, 1.82) is 0 Å². The molecular weight excluding hydrogens is 312 g/mol. The van der Waals surface area contributed by atoms with Crippen LogP contribution in [0.15, 0.2) is 55.0 Å². The first-order chi connectivity index (χ1) is 12.0. The van der Waals surface area contributed by atoms with Crippen LogP contribution in [-0.2, 0) is 12.0 Å². The lowest BCUT2D eigenvalue weighted by atomic mass is 9.86. The average Bonchev–Trinajstić information content (AvgIpc) is 3.16. The number of nitrogens with zero attached hydrogens (tertiary/aromatic N) is 2. The van der Waals surface area contributed by atoms with Gasteiger partial charge in [-0.15, -0.1) is 0 Å². The minimum absolute atomic E-state index is 0.0565. The van der Waals surface area contributed by atoms with Crippen molar-refractivity contribution in [2.24, 2.45) is 0 Å². The molecule has 0 saturated carbocycles. The van der Waals surface area contributed by atoms with Crippen molar-refractivity contribution < 1.29 is 4.79 Å². The highest BCUT2D eigenvalue weighted by molar-refractivity contribution is 5.74. The van der Waals surface area contributed by atoms with Crippen molar-refractivity contribution >= 4 is 11.7 Å². The van der Waals surface area contributed by atoms with Gasteiger partial charge in [0.25, 0.3) is 0 Å². The van der Waals surface area contributed by atoms with E-state index in [1.165, 1.54) is 11.1 Å². The van der Waals surface area contributed by atoms with Gasteiger partial charge in [-0.05, 0) is 40.7 Å². The Balaban J connectivity index is 1.41. The van der Waals surface area contributed by atoms with E-state index in [2.05, 4.69) is 47.7 Å². The highest BCUT2D eigenvalue weighted by Crippen LogP contribution is 2.44. The average molecular weight is 334 g/mol. The van der Waals surface area contributed by atoms with Crippen LogP contribution in [-0.4, -0.2) is 15.4 Å². The molecule has 1 aromatic carbocycles. The molecule has 1 unspecified atom stereocenters. The molecule has 0 fully saturated rings. The number of aromatic nitrogens is 2. The van der Waals surface area contributed by atoms with Gasteiger partial charge in [0.15, 0.2) is 0 Å². The summed E-state index contributed by atoms with van der Waals surface area (Å²) >= 11 is 0. The summed E-state index contributed by atoms with van der Waals surface area (Å²) in [4.78, 5) is 16.6. The van der Waals surface area contributed by atoms with Gasteiger partial charge in [0, 0.05) is 25.1 Å². The lowest BCUT2D eigenvalue weighted by Gasteiger charge is -2.19. The van der Waals surface area contributed by atoms with Gasteiger partial charge in [0.05, 0.1) is 6.04 Å². The van der Waals surface area contributed by atoms with Crippen molar-refractivity contribution in [3.05, 3.63) is 71.7 Å². The summed E-state index contributed by atoms with van der Waals surface area (Å²) in [7, 11) is 0. The van der Waals surface area contributed by atoms with Gasteiger partial charge in [-0.25, -0.2) is 9.78 Å². The number of hydrogen-bond acceptors (Lipinski definition) is 2. The smallest absolute Gasteiger partial charge is 0.315 e. The van der Waals surface area contributed by atoms with Crippen LogP contribution in [0.25, 0.3) is 5.65 Å². The van der Waals surface area contributed by atoms with Crippen LogP contribution in [0.1, 0.15) is 43.0 Å². The minimum Gasteiger partial charge on any atom is -0.334 e. The van der Waals surface area contributed by atoms with Gasteiger partial charge in [0.1, 0.15) is 5.65 Å². The fourth-order valence-corrected chi connectivity index (χ4v) is 3.73. The third kappa shape index (κ3) is 2.97. The molecule has 25 heavy (non-hydrogen) atoms. The molecule has 0 aliphatic heterocycles. The van der Waals surface area contributed by atoms with E-state index < -0.39 is 0 Å². The summed E-state index contributed by atoms with van der Waals surface area (Å²) < 4.78 is 1.95. The SMILES string of the molecule is CC1(C)CC(NC(=O)NCc2ccn3ccnc3c2)c2ccccc21. The summed E-state index contributed by atoms with van der Waals surface area (Å²) in [6.45, 7) is 4.93. The van der Waals surface area contributed by atoms with Crippen LogP contribution in [0, 0.1) is 0 Å². The molecular formula is C20H22N4O. The lowest BCUT2D eigenvalue weighted by Crippen LogP contribution is -2.37. The maximum absolute atomic E-state index is 12.4. The Morgan fingerprint density at radius 2 is 2.12 bits per heavy atom. The van der Waals surface area contributed by atoms with Crippen molar-refractivity contribution in [3.63, 3.8) is 0 Å². The van der Waals surface area contributed by atoms with Gasteiger partial charge >= 0.3 is 6.03 Å². The molecule has 5 heteroatoms. The monoisotopic (exact) mass is 334 g/mol. The number of imidazole rings is 1. The molecule has 1 atom stereocenters. The molecule has 1 aliphatic carbocycles. The molecule has 4 rings (SSSR count). The van der Waals surface area contributed by atoms with Gasteiger partial charge in [0.2, 0.25) is 0 Å². The first-order valence-electron chi connectivity index (χ1n) is 8.58. The second kappa shape index (κ2) is 5.92. The largest absolute Gasteiger partial charge is 0.334 e. The standard InChI is InChI=1S/C20H22N4O/c1-20(2)12-17(15-5-3-4-6-16(15)20)23-19(25)22-13-14-7-9-24-10-8-21-18(24)11-14/h3-11,17H,12-13H2,1-2H3,(H2,22,23,25). The van der Waals surface area contributed by atoms with Crippen LogP contribution in [0.2, 0.25) is 0 Å². The van der Waals surface area contributed by atoms with E-state index in [0.717, 1.165) is 17.6 Å². The topological polar surface area (TPSA) is 58.4 Å². The number of hydrogen-bond donors (Lipinski definition) is 2. The first kappa shape index (κ1) is 15.7. The van der Waals surface area contributed by atoms with Gasteiger partial charge in [-0.1, -0.05) is 38.1 Å². The van der Waals surface area contributed by atoms with E-state index in [1.807, 2.05) is 35.0 Å². The Morgan fingerprint density at radius 1 is 1.28 bits per heavy atom. The number of fused-ring (bicyclic) bond motifs is 2. The van der Waals surface area contributed by atoms with Crippen molar-refractivity contribution in [2.75, 3.05) is 0 Å². The van der Waals surface area contributed by atoms with Crippen LogP contribution in [0.4, 0.5) is 4.79 Å². The Bertz CT molecular complexity index is 928. The van der Waals surface area contributed by atoms with E-state index in [0.29, 0.717) is 6.54 Å². The van der Waals surface area contributed by atoms with Gasteiger partial charge in [-0.3, -0.25) is 0 Å². The maximum atomic E-state index is 12.4. The summed E-state index contributed by atoms with van der Waals surface area (Å²) in [6, 6.07) is 12.3.